The number of benzene rings is 2. The molecule has 0 saturated carbocycles. The molecular formula is C18H22BrNO2S. The van der Waals surface area contributed by atoms with Crippen molar-refractivity contribution in [3.63, 3.8) is 0 Å². The first-order valence-electron chi connectivity index (χ1n) is 7.89. The Morgan fingerprint density at radius 1 is 0.957 bits per heavy atom. The van der Waals surface area contributed by atoms with E-state index in [1.54, 1.807) is 30.3 Å². The molecule has 0 amide bonds. The van der Waals surface area contributed by atoms with E-state index in [9.17, 15) is 8.42 Å². The summed E-state index contributed by atoms with van der Waals surface area (Å²) in [5, 5.41) is 0. The minimum atomic E-state index is -3.56. The first-order valence-corrected chi connectivity index (χ1v) is 10.2. The highest BCUT2D eigenvalue weighted by Gasteiger charge is 2.15. The molecule has 0 aromatic heterocycles. The van der Waals surface area contributed by atoms with Gasteiger partial charge in [-0.15, -0.1) is 0 Å². The highest BCUT2D eigenvalue weighted by molar-refractivity contribution is 9.10. The van der Waals surface area contributed by atoms with Crippen LogP contribution in [-0.2, 0) is 16.4 Å². The zero-order valence-corrected chi connectivity index (χ0v) is 15.7. The zero-order chi connectivity index (χ0) is 16.7. The molecular weight excluding hydrogens is 374 g/mol. The van der Waals surface area contributed by atoms with Crippen LogP contribution in [0.3, 0.4) is 0 Å². The molecule has 23 heavy (non-hydrogen) atoms. The van der Waals surface area contributed by atoms with Gasteiger partial charge in [0.25, 0.3) is 10.0 Å². The molecule has 2 rings (SSSR count). The molecule has 0 unspecified atom stereocenters. The molecule has 3 nitrogen and oxygen atoms in total. The van der Waals surface area contributed by atoms with E-state index in [0.29, 0.717) is 5.69 Å². The smallest absolute Gasteiger partial charge is 0.261 e. The highest BCUT2D eigenvalue weighted by atomic mass is 79.9. The number of hydrogen-bond donors (Lipinski definition) is 1. The van der Waals surface area contributed by atoms with E-state index < -0.39 is 10.0 Å². The number of nitrogens with one attached hydrogen (secondary N) is 1. The number of anilines is 1. The van der Waals surface area contributed by atoms with Gasteiger partial charge in [0.1, 0.15) is 0 Å². The number of hydrogen-bond acceptors (Lipinski definition) is 2. The summed E-state index contributed by atoms with van der Waals surface area (Å²) in [6, 6.07) is 14.3. The monoisotopic (exact) mass is 395 g/mol. The summed E-state index contributed by atoms with van der Waals surface area (Å²) in [4.78, 5) is 0.283. The topological polar surface area (TPSA) is 46.2 Å². The Bertz CT molecular complexity index is 727. The van der Waals surface area contributed by atoms with Crippen LogP contribution in [0.2, 0.25) is 0 Å². The molecule has 2 aromatic rings. The van der Waals surface area contributed by atoms with Gasteiger partial charge in [0.05, 0.1) is 10.6 Å². The highest BCUT2D eigenvalue weighted by Crippen LogP contribution is 2.24. The Labute approximate surface area is 147 Å². The summed E-state index contributed by atoms with van der Waals surface area (Å²) in [7, 11) is -3.56. The van der Waals surface area contributed by atoms with Crippen molar-refractivity contribution in [2.24, 2.45) is 0 Å². The lowest BCUT2D eigenvalue weighted by Crippen LogP contribution is -2.13. The summed E-state index contributed by atoms with van der Waals surface area (Å²) in [5.41, 5.74) is 1.72. The second kappa shape index (κ2) is 8.50. The number of rotatable bonds is 8. The fourth-order valence-electron chi connectivity index (χ4n) is 2.34. The van der Waals surface area contributed by atoms with E-state index in [4.69, 9.17) is 0 Å². The van der Waals surface area contributed by atoms with Crippen molar-refractivity contribution in [3.8, 4) is 0 Å². The van der Waals surface area contributed by atoms with Crippen LogP contribution in [0.1, 0.15) is 38.2 Å². The SMILES string of the molecule is CCCCCCc1ccc(S(=O)(=O)Nc2ccccc2Br)cc1. The van der Waals surface area contributed by atoms with Gasteiger partial charge in [0.2, 0.25) is 0 Å². The van der Waals surface area contributed by atoms with E-state index in [-0.39, 0.29) is 4.90 Å². The summed E-state index contributed by atoms with van der Waals surface area (Å²) >= 11 is 3.35. The summed E-state index contributed by atoms with van der Waals surface area (Å²) < 4.78 is 28.2. The van der Waals surface area contributed by atoms with Gasteiger partial charge in [-0.1, -0.05) is 50.5 Å². The molecule has 0 heterocycles. The minimum absolute atomic E-state index is 0.283. The maximum atomic E-state index is 12.4. The predicted molar refractivity (Wildman–Crippen MR) is 99.2 cm³/mol. The third-order valence-electron chi connectivity index (χ3n) is 3.67. The van der Waals surface area contributed by atoms with Gasteiger partial charge < -0.3 is 0 Å². The largest absolute Gasteiger partial charge is 0.278 e. The molecule has 124 valence electrons. The van der Waals surface area contributed by atoms with E-state index in [2.05, 4.69) is 27.6 Å². The van der Waals surface area contributed by atoms with E-state index in [0.717, 1.165) is 17.3 Å². The predicted octanol–water partition coefficient (Wildman–Crippen LogP) is 5.37. The molecule has 1 N–H and O–H groups in total. The molecule has 0 atom stereocenters. The lowest BCUT2D eigenvalue weighted by Gasteiger charge is -2.10. The average molecular weight is 396 g/mol. The number of halogens is 1. The third-order valence-corrected chi connectivity index (χ3v) is 5.74. The van der Waals surface area contributed by atoms with Crippen LogP contribution in [-0.4, -0.2) is 8.42 Å². The molecule has 5 heteroatoms. The Morgan fingerprint density at radius 3 is 2.30 bits per heavy atom. The second-order valence-corrected chi connectivity index (χ2v) is 8.08. The van der Waals surface area contributed by atoms with Crippen LogP contribution in [0.15, 0.2) is 57.9 Å². The number of sulfonamides is 1. The van der Waals surface area contributed by atoms with Gasteiger partial charge in [0, 0.05) is 4.47 Å². The summed E-state index contributed by atoms with van der Waals surface area (Å²) in [5.74, 6) is 0. The fraction of sp³-hybridized carbons (Fsp3) is 0.333. The van der Waals surface area contributed by atoms with Crippen molar-refractivity contribution in [2.45, 2.75) is 43.9 Å². The second-order valence-electron chi connectivity index (χ2n) is 5.54. The Kier molecular flexibility index (Phi) is 6.66. The Balaban J connectivity index is 2.04. The van der Waals surface area contributed by atoms with Gasteiger partial charge in [-0.2, -0.15) is 0 Å². The van der Waals surface area contributed by atoms with E-state index >= 15 is 0 Å². The Morgan fingerprint density at radius 2 is 1.65 bits per heavy atom. The van der Waals surface area contributed by atoms with Gasteiger partial charge in [0.15, 0.2) is 0 Å². The lowest BCUT2D eigenvalue weighted by atomic mass is 10.1. The number of aryl methyl sites for hydroxylation is 1. The maximum Gasteiger partial charge on any atom is 0.261 e. The molecule has 0 bridgehead atoms. The van der Waals surface area contributed by atoms with Crippen LogP contribution in [0.4, 0.5) is 5.69 Å². The number of para-hydroxylation sites is 1. The van der Waals surface area contributed by atoms with Gasteiger partial charge in [-0.05, 0) is 58.6 Å². The van der Waals surface area contributed by atoms with Gasteiger partial charge in [-0.3, -0.25) is 4.72 Å². The Hall–Kier alpha value is -1.33. The molecule has 0 spiro atoms. The van der Waals surface area contributed by atoms with E-state index in [1.807, 2.05) is 18.2 Å². The van der Waals surface area contributed by atoms with Crippen molar-refractivity contribution in [3.05, 3.63) is 58.6 Å². The molecule has 0 fully saturated rings. The standard InChI is InChI=1S/C18H22BrNO2S/c1-2-3-4-5-8-15-11-13-16(14-12-15)23(21,22)20-18-10-7-6-9-17(18)19/h6-7,9-14,20H,2-5,8H2,1H3. The quantitative estimate of drug-likeness (QED) is 0.610. The molecule has 0 saturated heterocycles. The average Bonchev–Trinajstić information content (AvgIpc) is 2.54. The molecule has 0 aliphatic heterocycles. The summed E-state index contributed by atoms with van der Waals surface area (Å²) in [6.07, 6.45) is 5.84. The van der Waals surface area contributed by atoms with E-state index in [1.165, 1.54) is 24.8 Å². The maximum absolute atomic E-state index is 12.4. The molecule has 2 aromatic carbocycles. The fourth-order valence-corrected chi connectivity index (χ4v) is 3.93. The van der Waals surface area contributed by atoms with Crippen molar-refractivity contribution >= 4 is 31.6 Å². The minimum Gasteiger partial charge on any atom is -0.278 e. The van der Waals surface area contributed by atoms with Crippen LogP contribution in [0.25, 0.3) is 0 Å². The zero-order valence-electron chi connectivity index (χ0n) is 13.3. The van der Waals surface area contributed by atoms with Crippen molar-refractivity contribution in [1.29, 1.82) is 0 Å². The number of unbranched alkanes of at least 4 members (excludes halogenated alkanes) is 3. The van der Waals surface area contributed by atoms with Crippen LogP contribution >= 0.6 is 15.9 Å². The first kappa shape index (κ1) is 18.0. The normalized spacial score (nSPS) is 11.4. The van der Waals surface area contributed by atoms with Crippen LogP contribution in [0.5, 0.6) is 0 Å². The van der Waals surface area contributed by atoms with Crippen molar-refractivity contribution < 1.29 is 8.42 Å². The molecule has 0 aliphatic rings. The summed E-state index contributed by atoms with van der Waals surface area (Å²) in [6.45, 7) is 2.19. The van der Waals surface area contributed by atoms with Crippen LogP contribution < -0.4 is 4.72 Å². The van der Waals surface area contributed by atoms with Crippen molar-refractivity contribution in [1.82, 2.24) is 0 Å². The van der Waals surface area contributed by atoms with Gasteiger partial charge >= 0.3 is 0 Å². The van der Waals surface area contributed by atoms with Crippen LogP contribution in [0, 0.1) is 0 Å². The molecule has 0 aliphatic carbocycles. The first-order chi connectivity index (χ1) is 11.0. The lowest BCUT2D eigenvalue weighted by molar-refractivity contribution is 0.601. The van der Waals surface area contributed by atoms with Crippen molar-refractivity contribution in [2.75, 3.05) is 4.72 Å². The molecule has 0 radical (unpaired) electrons. The third kappa shape index (κ3) is 5.36. The van der Waals surface area contributed by atoms with Gasteiger partial charge in [-0.25, -0.2) is 8.42 Å².